The van der Waals surface area contributed by atoms with E-state index in [2.05, 4.69) is 0 Å². The molecule has 1 saturated heterocycles. The van der Waals surface area contributed by atoms with Crippen LogP contribution in [0.3, 0.4) is 0 Å². The molecule has 2 aliphatic heterocycles. The number of nitrogens with zero attached hydrogens (tertiary/aromatic N) is 1. The number of benzene rings is 2. The average molecular weight is 464 g/mol. The highest BCUT2D eigenvalue weighted by Crippen LogP contribution is 2.36. The fraction of sp³-hybridized carbons (Fsp3) is 0.435. The van der Waals surface area contributed by atoms with Crippen LogP contribution in [0, 0.1) is 11.7 Å². The van der Waals surface area contributed by atoms with E-state index < -0.39 is 15.7 Å². The van der Waals surface area contributed by atoms with Crippen molar-refractivity contribution >= 4 is 15.9 Å². The Morgan fingerprint density at radius 2 is 1.84 bits per heavy atom. The molecule has 2 aromatic carbocycles. The van der Waals surface area contributed by atoms with Crippen LogP contribution in [0.15, 0.2) is 41.3 Å². The minimum atomic E-state index is -3.40. The van der Waals surface area contributed by atoms with Crippen LogP contribution in [-0.4, -0.2) is 51.2 Å². The number of hydrogen-bond donors (Lipinski definition) is 0. The maximum Gasteiger partial charge on any atom is 0.410 e. The van der Waals surface area contributed by atoms with Crippen LogP contribution in [0.4, 0.5) is 9.18 Å². The Labute approximate surface area is 187 Å². The highest BCUT2D eigenvalue weighted by molar-refractivity contribution is 7.91. The van der Waals surface area contributed by atoms with Crippen molar-refractivity contribution in [2.45, 2.75) is 37.7 Å². The van der Waals surface area contributed by atoms with Crippen LogP contribution in [0.1, 0.15) is 26.7 Å². The first-order valence-corrected chi connectivity index (χ1v) is 12.3. The molecule has 1 fully saturated rings. The van der Waals surface area contributed by atoms with E-state index in [1.807, 2.05) is 13.8 Å². The molecule has 7 nitrogen and oxygen atoms in total. The molecule has 0 unspecified atom stereocenters. The molecule has 2 heterocycles. The molecule has 172 valence electrons. The average Bonchev–Trinajstić information content (AvgIpc) is 3.07. The standard InChI is InChI=1S/C23H26FNO6S/c1-15(2)31-23(26)25-9-7-16(8-10-25)13-29-20-5-3-17(11-19(20)24)18-4-6-22-21(12-18)30-14-32(22,27)28/h3-6,11-12,15-16H,7-10,13-14H2,1-2H3. The number of ether oxygens (including phenoxy) is 3. The Balaban J connectivity index is 1.35. The Hall–Kier alpha value is -2.81. The first-order valence-electron chi connectivity index (χ1n) is 10.6. The Morgan fingerprint density at radius 3 is 2.53 bits per heavy atom. The molecule has 0 atom stereocenters. The van der Waals surface area contributed by atoms with E-state index >= 15 is 0 Å². The summed E-state index contributed by atoms with van der Waals surface area (Å²) in [5.41, 5.74) is 1.26. The molecule has 9 heteroatoms. The molecular formula is C23H26FNO6S. The molecule has 0 aliphatic carbocycles. The number of halogens is 1. The van der Waals surface area contributed by atoms with Gasteiger partial charge >= 0.3 is 6.09 Å². The van der Waals surface area contributed by atoms with Crippen molar-refractivity contribution in [1.82, 2.24) is 4.90 Å². The van der Waals surface area contributed by atoms with Crippen LogP contribution in [-0.2, 0) is 14.6 Å². The fourth-order valence-electron chi connectivity index (χ4n) is 3.83. The summed E-state index contributed by atoms with van der Waals surface area (Å²) in [5, 5.41) is 0. The molecular weight excluding hydrogens is 437 g/mol. The zero-order valence-electron chi connectivity index (χ0n) is 18.0. The van der Waals surface area contributed by atoms with E-state index in [0.29, 0.717) is 30.8 Å². The van der Waals surface area contributed by atoms with E-state index in [-0.39, 0.29) is 40.4 Å². The Kier molecular flexibility index (Phi) is 6.28. The van der Waals surface area contributed by atoms with Crippen LogP contribution < -0.4 is 9.47 Å². The van der Waals surface area contributed by atoms with Crippen LogP contribution in [0.2, 0.25) is 0 Å². The third-order valence-corrected chi connectivity index (χ3v) is 7.03. The van der Waals surface area contributed by atoms with Crippen molar-refractivity contribution in [1.29, 1.82) is 0 Å². The van der Waals surface area contributed by atoms with Gasteiger partial charge in [-0.2, -0.15) is 0 Å². The maximum absolute atomic E-state index is 14.7. The number of hydrogen-bond acceptors (Lipinski definition) is 6. The highest BCUT2D eigenvalue weighted by Gasteiger charge is 2.28. The Morgan fingerprint density at radius 1 is 1.16 bits per heavy atom. The van der Waals surface area contributed by atoms with Gasteiger partial charge in [-0.05, 0) is 68.0 Å². The third-order valence-electron chi connectivity index (χ3n) is 5.60. The Bertz CT molecular complexity index is 1110. The second-order valence-corrected chi connectivity index (χ2v) is 10.3. The van der Waals surface area contributed by atoms with Gasteiger partial charge in [-0.1, -0.05) is 12.1 Å². The minimum Gasteiger partial charge on any atom is -0.490 e. The summed E-state index contributed by atoms with van der Waals surface area (Å²) >= 11 is 0. The quantitative estimate of drug-likeness (QED) is 0.659. The van der Waals surface area contributed by atoms with E-state index in [4.69, 9.17) is 14.2 Å². The van der Waals surface area contributed by atoms with Gasteiger partial charge in [0.05, 0.1) is 12.7 Å². The van der Waals surface area contributed by atoms with Gasteiger partial charge in [0, 0.05) is 13.1 Å². The lowest BCUT2D eigenvalue weighted by atomic mass is 9.98. The van der Waals surface area contributed by atoms with Gasteiger partial charge in [-0.3, -0.25) is 0 Å². The van der Waals surface area contributed by atoms with Gasteiger partial charge in [-0.15, -0.1) is 0 Å². The third kappa shape index (κ3) is 4.82. The fourth-order valence-corrected chi connectivity index (χ4v) is 4.93. The van der Waals surface area contributed by atoms with E-state index in [9.17, 15) is 17.6 Å². The van der Waals surface area contributed by atoms with Crippen molar-refractivity contribution in [2.75, 3.05) is 25.6 Å². The first-order chi connectivity index (χ1) is 15.2. The topological polar surface area (TPSA) is 82.1 Å². The summed E-state index contributed by atoms with van der Waals surface area (Å²) < 4.78 is 54.6. The normalized spacial score (nSPS) is 17.7. The molecule has 4 rings (SSSR count). The lowest BCUT2D eigenvalue weighted by molar-refractivity contribution is 0.0606. The smallest absolute Gasteiger partial charge is 0.410 e. The van der Waals surface area contributed by atoms with Crippen molar-refractivity contribution < 1.29 is 31.8 Å². The summed E-state index contributed by atoms with van der Waals surface area (Å²) in [6.07, 6.45) is 1.10. The minimum absolute atomic E-state index is 0.146. The number of piperidine rings is 1. The number of sulfone groups is 1. The number of fused-ring (bicyclic) bond motifs is 1. The molecule has 0 aromatic heterocycles. The van der Waals surface area contributed by atoms with Crippen LogP contribution in [0.25, 0.3) is 11.1 Å². The number of carbonyl (C=O) groups is 1. The monoisotopic (exact) mass is 463 g/mol. The van der Waals surface area contributed by atoms with E-state index in [1.165, 1.54) is 12.1 Å². The van der Waals surface area contributed by atoms with E-state index in [1.54, 1.807) is 29.2 Å². The predicted molar refractivity (Wildman–Crippen MR) is 116 cm³/mol. The van der Waals surface area contributed by atoms with Gasteiger partial charge in [-0.25, -0.2) is 17.6 Å². The van der Waals surface area contributed by atoms with Gasteiger partial charge < -0.3 is 19.1 Å². The molecule has 0 spiro atoms. The number of rotatable bonds is 5. The summed E-state index contributed by atoms with van der Waals surface area (Å²) in [7, 11) is -3.40. The maximum atomic E-state index is 14.7. The van der Waals surface area contributed by atoms with Gasteiger partial charge in [0.25, 0.3) is 0 Å². The lowest BCUT2D eigenvalue weighted by Gasteiger charge is -2.31. The molecule has 0 saturated carbocycles. The molecule has 0 N–H and O–H groups in total. The lowest BCUT2D eigenvalue weighted by Crippen LogP contribution is -2.40. The molecule has 0 radical (unpaired) electrons. The molecule has 0 bridgehead atoms. The molecule has 32 heavy (non-hydrogen) atoms. The number of amides is 1. The number of carbonyl (C=O) groups excluding carboxylic acids is 1. The van der Waals surface area contributed by atoms with Crippen molar-refractivity contribution in [2.24, 2.45) is 5.92 Å². The zero-order valence-corrected chi connectivity index (χ0v) is 18.9. The highest BCUT2D eigenvalue weighted by atomic mass is 32.2. The summed E-state index contributed by atoms with van der Waals surface area (Å²) in [6, 6.07) is 9.40. The predicted octanol–water partition coefficient (Wildman–Crippen LogP) is 4.25. The van der Waals surface area contributed by atoms with Crippen LogP contribution >= 0.6 is 0 Å². The summed E-state index contributed by atoms with van der Waals surface area (Å²) in [6.45, 7) is 5.20. The molecule has 2 aliphatic rings. The van der Waals surface area contributed by atoms with Crippen LogP contribution in [0.5, 0.6) is 11.5 Å². The SMILES string of the molecule is CC(C)OC(=O)N1CCC(COc2ccc(-c3ccc4c(c3)OCS4(=O)=O)cc2F)CC1. The molecule has 2 aromatic rings. The van der Waals surface area contributed by atoms with E-state index in [0.717, 1.165) is 12.8 Å². The second-order valence-electron chi connectivity index (χ2n) is 8.36. The van der Waals surface area contributed by atoms with Gasteiger partial charge in [0.2, 0.25) is 9.84 Å². The number of likely N-dealkylation sites (tertiary alicyclic amines) is 1. The zero-order chi connectivity index (χ0) is 22.9. The molecule has 1 amide bonds. The summed E-state index contributed by atoms with van der Waals surface area (Å²) in [5.74, 6) is -0.185. The van der Waals surface area contributed by atoms with Crippen molar-refractivity contribution in [3.05, 3.63) is 42.2 Å². The largest absolute Gasteiger partial charge is 0.490 e. The second kappa shape index (κ2) is 8.97. The first kappa shape index (κ1) is 22.4. The van der Waals surface area contributed by atoms with Gasteiger partial charge in [0.15, 0.2) is 17.5 Å². The summed E-state index contributed by atoms with van der Waals surface area (Å²) in [4.78, 5) is 13.8. The van der Waals surface area contributed by atoms with Crippen molar-refractivity contribution in [3.63, 3.8) is 0 Å². The van der Waals surface area contributed by atoms with Gasteiger partial charge in [0.1, 0.15) is 10.6 Å². The van der Waals surface area contributed by atoms with Crippen molar-refractivity contribution in [3.8, 4) is 22.6 Å².